The summed E-state index contributed by atoms with van der Waals surface area (Å²) >= 11 is 0. The number of benzene rings is 1. The smallest absolute Gasteiger partial charge is 0.0398 e. The van der Waals surface area contributed by atoms with Gasteiger partial charge in [-0.3, -0.25) is 0 Å². The first-order chi connectivity index (χ1) is 8.72. The van der Waals surface area contributed by atoms with Gasteiger partial charge in [-0.2, -0.15) is 0 Å². The summed E-state index contributed by atoms with van der Waals surface area (Å²) in [6.45, 7) is 8.06. The second kappa shape index (κ2) is 6.24. The van der Waals surface area contributed by atoms with Crippen LogP contribution in [0, 0.1) is 19.8 Å². The van der Waals surface area contributed by atoms with Crippen molar-refractivity contribution in [3.8, 4) is 0 Å². The van der Waals surface area contributed by atoms with Gasteiger partial charge >= 0.3 is 0 Å². The molecular formula is C16H26N2. The van der Waals surface area contributed by atoms with Gasteiger partial charge in [0.1, 0.15) is 0 Å². The fraction of sp³-hybridized carbons (Fsp3) is 0.625. The molecule has 1 fully saturated rings. The number of piperidine rings is 1. The largest absolute Gasteiger partial charge is 0.371 e. The number of anilines is 1. The van der Waals surface area contributed by atoms with E-state index in [-0.39, 0.29) is 0 Å². The molecule has 0 bridgehead atoms. The molecule has 1 aliphatic heterocycles. The van der Waals surface area contributed by atoms with E-state index in [4.69, 9.17) is 0 Å². The van der Waals surface area contributed by atoms with Crippen LogP contribution in [0.3, 0.4) is 0 Å². The lowest BCUT2D eigenvalue weighted by atomic mass is 9.93. The lowest BCUT2D eigenvalue weighted by Crippen LogP contribution is -2.36. The number of hydrogen-bond donors (Lipinski definition) is 1. The third-order valence-corrected chi connectivity index (χ3v) is 4.24. The van der Waals surface area contributed by atoms with Crippen molar-refractivity contribution in [2.75, 3.05) is 31.6 Å². The van der Waals surface area contributed by atoms with Crippen LogP contribution in [0.25, 0.3) is 0 Å². The van der Waals surface area contributed by atoms with Crippen LogP contribution in [0.2, 0.25) is 0 Å². The molecule has 1 saturated heterocycles. The van der Waals surface area contributed by atoms with Crippen molar-refractivity contribution < 1.29 is 0 Å². The van der Waals surface area contributed by atoms with Crippen LogP contribution in [0.4, 0.5) is 5.69 Å². The highest BCUT2D eigenvalue weighted by molar-refractivity contribution is 5.56. The zero-order chi connectivity index (χ0) is 13.0. The van der Waals surface area contributed by atoms with E-state index in [1.54, 1.807) is 0 Å². The summed E-state index contributed by atoms with van der Waals surface area (Å²) in [6, 6.07) is 6.68. The van der Waals surface area contributed by atoms with Gasteiger partial charge < -0.3 is 10.2 Å². The molecule has 1 N–H and O–H groups in total. The van der Waals surface area contributed by atoms with Gasteiger partial charge in [0, 0.05) is 18.8 Å². The van der Waals surface area contributed by atoms with E-state index in [0.29, 0.717) is 0 Å². The zero-order valence-electron chi connectivity index (χ0n) is 12.0. The van der Waals surface area contributed by atoms with Gasteiger partial charge in [-0.05, 0) is 69.8 Å². The quantitative estimate of drug-likeness (QED) is 0.878. The fourth-order valence-corrected chi connectivity index (χ4v) is 2.95. The number of hydrogen-bond acceptors (Lipinski definition) is 2. The first-order valence-corrected chi connectivity index (χ1v) is 7.18. The average molecular weight is 246 g/mol. The first-order valence-electron chi connectivity index (χ1n) is 7.18. The van der Waals surface area contributed by atoms with Crippen molar-refractivity contribution in [2.45, 2.75) is 33.1 Å². The van der Waals surface area contributed by atoms with Crippen molar-refractivity contribution in [2.24, 2.45) is 5.92 Å². The molecule has 1 aromatic rings. The highest BCUT2D eigenvalue weighted by atomic mass is 15.1. The molecule has 0 radical (unpaired) electrons. The summed E-state index contributed by atoms with van der Waals surface area (Å²) < 4.78 is 0. The SMILES string of the molecule is CNCCC1CCCN(c2cccc(C)c2C)C1. The maximum Gasteiger partial charge on any atom is 0.0398 e. The van der Waals surface area contributed by atoms with Gasteiger partial charge in [0.25, 0.3) is 0 Å². The Morgan fingerprint density at radius 3 is 2.94 bits per heavy atom. The number of rotatable bonds is 4. The standard InChI is InChI=1S/C16H26N2/c1-13-6-4-8-16(14(13)2)18-11-5-7-15(12-18)9-10-17-3/h4,6,8,15,17H,5,7,9-12H2,1-3H3. The molecule has 0 spiro atoms. The van der Waals surface area contributed by atoms with Gasteiger partial charge in [0.05, 0.1) is 0 Å². The van der Waals surface area contributed by atoms with Crippen molar-refractivity contribution in [1.29, 1.82) is 0 Å². The van der Waals surface area contributed by atoms with Crippen LogP contribution in [0.5, 0.6) is 0 Å². The second-order valence-electron chi connectivity index (χ2n) is 5.57. The summed E-state index contributed by atoms with van der Waals surface area (Å²) in [5.41, 5.74) is 4.31. The molecule has 1 aromatic carbocycles. The topological polar surface area (TPSA) is 15.3 Å². The predicted molar refractivity (Wildman–Crippen MR) is 79.4 cm³/mol. The highest BCUT2D eigenvalue weighted by Gasteiger charge is 2.20. The van der Waals surface area contributed by atoms with E-state index in [2.05, 4.69) is 42.3 Å². The van der Waals surface area contributed by atoms with E-state index >= 15 is 0 Å². The molecule has 18 heavy (non-hydrogen) atoms. The minimum absolute atomic E-state index is 0.853. The van der Waals surface area contributed by atoms with Crippen molar-refractivity contribution in [3.05, 3.63) is 29.3 Å². The Balaban J connectivity index is 2.06. The molecule has 1 atom stereocenters. The van der Waals surface area contributed by atoms with Gasteiger partial charge in [-0.15, -0.1) is 0 Å². The van der Waals surface area contributed by atoms with Gasteiger partial charge in [0.15, 0.2) is 0 Å². The van der Waals surface area contributed by atoms with Crippen LogP contribution in [-0.2, 0) is 0 Å². The zero-order valence-corrected chi connectivity index (χ0v) is 12.0. The normalized spacial score (nSPS) is 20.2. The Labute approximate surface area is 111 Å². The lowest BCUT2D eigenvalue weighted by molar-refractivity contribution is 0.387. The fourth-order valence-electron chi connectivity index (χ4n) is 2.95. The van der Waals surface area contributed by atoms with Crippen LogP contribution in [-0.4, -0.2) is 26.7 Å². The van der Waals surface area contributed by atoms with Gasteiger partial charge in [-0.1, -0.05) is 12.1 Å². The minimum Gasteiger partial charge on any atom is -0.371 e. The molecule has 2 heteroatoms. The van der Waals surface area contributed by atoms with Gasteiger partial charge in [0.2, 0.25) is 0 Å². The molecule has 1 heterocycles. The maximum atomic E-state index is 3.27. The number of nitrogens with one attached hydrogen (secondary N) is 1. The summed E-state index contributed by atoms with van der Waals surface area (Å²) in [5, 5.41) is 3.27. The molecular weight excluding hydrogens is 220 g/mol. The monoisotopic (exact) mass is 246 g/mol. The van der Waals surface area contributed by atoms with Crippen molar-refractivity contribution >= 4 is 5.69 Å². The van der Waals surface area contributed by atoms with Crippen molar-refractivity contribution in [3.63, 3.8) is 0 Å². The van der Waals surface area contributed by atoms with E-state index in [9.17, 15) is 0 Å². The Kier molecular flexibility index (Phi) is 4.65. The Morgan fingerprint density at radius 1 is 1.33 bits per heavy atom. The third-order valence-electron chi connectivity index (χ3n) is 4.24. The van der Waals surface area contributed by atoms with Crippen LogP contribution in [0.1, 0.15) is 30.4 Å². The molecule has 1 aliphatic rings. The van der Waals surface area contributed by atoms with E-state index < -0.39 is 0 Å². The summed E-state index contributed by atoms with van der Waals surface area (Å²) in [4.78, 5) is 2.59. The predicted octanol–water partition coefficient (Wildman–Crippen LogP) is 3.13. The van der Waals surface area contributed by atoms with Crippen molar-refractivity contribution in [1.82, 2.24) is 5.32 Å². The molecule has 0 amide bonds. The summed E-state index contributed by atoms with van der Waals surface area (Å²) in [6.07, 6.45) is 4.03. The van der Waals surface area contributed by atoms with Gasteiger partial charge in [-0.25, -0.2) is 0 Å². The third kappa shape index (κ3) is 3.05. The molecule has 0 saturated carbocycles. The molecule has 0 aromatic heterocycles. The van der Waals surface area contributed by atoms with Crippen LogP contribution in [0.15, 0.2) is 18.2 Å². The molecule has 2 nitrogen and oxygen atoms in total. The first kappa shape index (κ1) is 13.4. The Morgan fingerprint density at radius 2 is 2.17 bits per heavy atom. The number of aryl methyl sites for hydroxylation is 1. The average Bonchev–Trinajstić information content (AvgIpc) is 2.40. The second-order valence-corrected chi connectivity index (χ2v) is 5.57. The Bertz CT molecular complexity index is 387. The molecule has 0 aliphatic carbocycles. The molecule has 2 rings (SSSR count). The Hall–Kier alpha value is -1.02. The molecule has 100 valence electrons. The molecule has 1 unspecified atom stereocenters. The van der Waals surface area contributed by atoms with Crippen LogP contribution >= 0.6 is 0 Å². The van der Waals surface area contributed by atoms with E-state index in [1.807, 2.05) is 7.05 Å². The highest BCUT2D eigenvalue weighted by Crippen LogP contribution is 2.28. The van der Waals surface area contributed by atoms with E-state index in [0.717, 1.165) is 12.5 Å². The number of nitrogens with zero attached hydrogens (tertiary/aromatic N) is 1. The summed E-state index contributed by atoms with van der Waals surface area (Å²) in [5.74, 6) is 0.853. The van der Waals surface area contributed by atoms with E-state index in [1.165, 1.54) is 49.2 Å². The summed E-state index contributed by atoms with van der Waals surface area (Å²) in [7, 11) is 2.05. The minimum atomic E-state index is 0.853. The lowest BCUT2D eigenvalue weighted by Gasteiger charge is -2.35. The maximum absolute atomic E-state index is 3.27. The van der Waals surface area contributed by atoms with Crippen LogP contribution < -0.4 is 10.2 Å².